The molecule has 0 aliphatic carbocycles. The maximum absolute atomic E-state index is 13.0. The van der Waals surface area contributed by atoms with Gasteiger partial charge in [-0.05, 0) is 43.2 Å². The summed E-state index contributed by atoms with van der Waals surface area (Å²) >= 11 is 0. The maximum Gasteiger partial charge on any atom is 0.387 e. The van der Waals surface area contributed by atoms with Gasteiger partial charge in [-0.15, -0.1) is 0 Å². The van der Waals surface area contributed by atoms with Crippen molar-refractivity contribution in [3.05, 3.63) is 59.7 Å². The second kappa shape index (κ2) is 9.58. The Morgan fingerprint density at radius 3 is 2.79 bits per heavy atom. The van der Waals surface area contributed by atoms with Crippen LogP contribution in [0.3, 0.4) is 0 Å². The fourth-order valence-electron chi connectivity index (χ4n) is 4.61. The average Bonchev–Trinajstić information content (AvgIpc) is 3.50. The minimum atomic E-state index is -2.98. The van der Waals surface area contributed by atoms with Gasteiger partial charge in [-0.2, -0.15) is 8.78 Å². The number of hydrogen-bond donors (Lipinski definition) is 0. The van der Waals surface area contributed by atoms with Crippen molar-refractivity contribution in [2.24, 2.45) is 5.16 Å². The molecule has 0 bridgehead atoms. The lowest BCUT2D eigenvalue weighted by molar-refractivity contribution is -0.0524. The van der Waals surface area contributed by atoms with Gasteiger partial charge in [0.2, 0.25) is 0 Å². The summed E-state index contributed by atoms with van der Waals surface area (Å²) in [4.78, 5) is 20.3. The number of benzene rings is 2. The summed E-state index contributed by atoms with van der Waals surface area (Å²) in [6, 6.07) is 13.8. The number of piperidine rings is 1. The third-order valence-corrected chi connectivity index (χ3v) is 6.38. The quantitative estimate of drug-likeness (QED) is 0.629. The minimum Gasteiger partial charge on any atom is -0.485 e. The van der Waals surface area contributed by atoms with Gasteiger partial charge in [0.15, 0.2) is 17.1 Å². The zero-order valence-electron chi connectivity index (χ0n) is 18.6. The van der Waals surface area contributed by atoms with E-state index in [1.807, 2.05) is 18.2 Å². The topological polar surface area (TPSA) is 69.6 Å². The molecule has 3 aliphatic rings. The molecule has 2 atom stereocenters. The molecule has 5 rings (SSSR count). The van der Waals surface area contributed by atoms with Gasteiger partial charge < -0.3 is 23.9 Å². The highest BCUT2D eigenvalue weighted by Gasteiger charge is 2.43. The number of hydrogen-bond acceptors (Lipinski definition) is 6. The largest absolute Gasteiger partial charge is 0.485 e. The summed E-state index contributed by atoms with van der Waals surface area (Å²) in [6.45, 7) is -0.911. The fourth-order valence-corrected chi connectivity index (χ4v) is 4.61. The molecule has 0 N–H and O–H groups in total. The molecule has 1 spiro atoms. The number of carbonyl (C=O) groups is 1. The van der Waals surface area contributed by atoms with Crippen LogP contribution in [-0.2, 0) is 9.57 Å². The van der Waals surface area contributed by atoms with Crippen LogP contribution in [0.1, 0.15) is 41.6 Å². The van der Waals surface area contributed by atoms with Crippen molar-refractivity contribution in [1.82, 2.24) is 4.90 Å². The van der Waals surface area contributed by atoms with E-state index in [4.69, 9.17) is 19.0 Å². The van der Waals surface area contributed by atoms with E-state index >= 15 is 0 Å². The van der Waals surface area contributed by atoms with Crippen molar-refractivity contribution >= 4 is 11.6 Å². The van der Waals surface area contributed by atoms with E-state index in [2.05, 4.69) is 5.16 Å². The van der Waals surface area contributed by atoms with Crippen LogP contribution in [0.25, 0.3) is 0 Å². The van der Waals surface area contributed by atoms with Crippen molar-refractivity contribution < 1.29 is 32.6 Å². The number of likely N-dealkylation sites (tertiary alicyclic amines) is 1. The molecular weight excluding hydrogens is 446 g/mol. The number of halogens is 2. The lowest BCUT2D eigenvalue weighted by Crippen LogP contribution is -2.44. The van der Waals surface area contributed by atoms with E-state index in [9.17, 15) is 13.6 Å². The highest BCUT2D eigenvalue weighted by molar-refractivity contribution is 6.02. The van der Waals surface area contributed by atoms with Gasteiger partial charge in [-0.3, -0.25) is 4.79 Å². The molecule has 2 aromatic carbocycles. The molecule has 3 aliphatic heterocycles. The molecule has 34 heavy (non-hydrogen) atoms. The first-order valence-electron chi connectivity index (χ1n) is 11.4. The van der Waals surface area contributed by atoms with Gasteiger partial charge in [-0.1, -0.05) is 23.4 Å². The summed E-state index contributed by atoms with van der Waals surface area (Å²) in [5, 5.41) is 4.23. The molecule has 2 aromatic rings. The maximum atomic E-state index is 13.0. The van der Waals surface area contributed by atoms with Gasteiger partial charge in [0.1, 0.15) is 6.10 Å². The van der Waals surface area contributed by atoms with Gasteiger partial charge in [0.25, 0.3) is 5.91 Å². The molecule has 0 saturated carbocycles. The van der Waals surface area contributed by atoms with Gasteiger partial charge in [-0.25, -0.2) is 0 Å². The fraction of sp³-hybridized carbons (Fsp3) is 0.440. The monoisotopic (exact) mass is 472 g/mol. The van der Waals surface area contributed by atoms with E-state index in [0.717, 1.165) is 12.8 Å². The molecule has 9 heteroatoms. The Morgan fingerprint density at radius 1 is 1.18 bits per heavy atom. The van der Waals surface area contributed by atoms with Crippen LogP contribution in [0.2, 0.25) is 0 Å². The molecule has 2 saturated heterocycles. The summed E-state index contributed by atoms with van der Waals surface area (Å²) in [6.07, 6.45) is 2.42. The van der Waals surface area contributed by atoms with Crippen molar-refractivity contribution in [2.75, 3.05) is 26.3 Å². The van der Waals surface area contributed by atoms with Gasteiger partial charge in [0.05, 0.1) is 25.5 Å². The molecule has 0 radical (unpaired) electrons. The number of carbonyl (C=O) groups excluding carboxylic acids is 1. The number of nitrogens with zero attached hydrogens (tertiary/aromatic N) is 2. The highest BCUT2D eigenvalue weighted by Crippen LogP contribution is 2.37. The van der Waals surface area contributed by atoms with Crippen LogP contribution < -0.4 is 9.47 Å². The van der Waals surface area contributed by atoms with Gasteiger partial charge in [0, 0.05) is 30.5 Å². The van der Waals surface area contributed by atoms with Crippen molar-refractivity contribution in [3.63, 3.8) is 0 Å². The minimum absolute atomic E-state index is 0.0521. The summed E-state index contributed by atoms with van der Waals surface area (Å²) in [7, 11) is 0. The first-order chi connectivity index (χ1) is 16.5. The van der Waals surface area contributed by atoms with Crippen molar-refractivity contribution in [3.8, 4) is 11.5 Å². The molecule has 2 unspecified atom stereocenters. The Labute approximate surface area is 196 Å². The average molecular weight is 472 g/mol. The molecule has 0 aromatic heterocycles. The Bertz CT molecular complexity index is 1060. The van der Waals surface area contributed by atoms with E-state index < -0.39 is 12.2 Å². The van der Waals surface area contributed by atoms with Gasteiger partial charge >= 0.3 is 6.61 Å². The van der Waals surface area contributed by atoms with Crippen LogP contribution in [-0.4, -0.2) is 61.1 Å². The molecular formula is C25H26F2N2O5. The van der Waals surface area contributed by atoms with Crippen LogP contribution >= 0.6 is 0 Å². The third-order valence-electron chi connectivity index (χ3n) is 6.38. The predicted molar refractivity (Wildman–Crippen MR) is 119 cm³/mol. The zero-order valence-corrected chi connectivity index (χ0v) is 18.6. The normalized spacial score (nSPS) is 24.3. The van der Waals surface area contributed by atoms with E-state index in [1.54, 1.807) is 29.2 Å². The first kappa shape index (κ1) is 22.6. The Hall–Kier alpha value is -3.20. The lowest BCUT2D eigenvalue weighted by Gasteiger charge is -2.33. The van der Waals surface area contributed by atoms with E-state index in [0.29, 0.717) is 56.0 Å². The van der Waals surface area contributed by atoms with Crippen molar-refractivity contribution in [1.29, 1.82) is 0 Å². The van der Waals surface area contributed by atoms with Crippen LogP contribution in [0.4, 0.5) is 8.78 Å². The number of amides is 1. The zero-order chi connectivity index (χ0) is 23.5. The summed E-state index contributed by atoms with van der Waals surface area (Å²) in [5.41, 5.74) is 1.59. The van der Waals surface area contributed by atoms with Crippen molar-refractivity contribution in [2.45, 2.75) is 44.0 Å². The van der Waals surface area contributed by atoms with E-state index in [-0.39, 0.29) is 23.5 Å². The smallest absolute Gasteiger partial charge is 0.387 e. The highest BCUT2D eigenvalue weighted by atomic mass is 19.3. The predicted octanol–water partition coefficient (Wildman–Crippen LogP) is 4.26. The number of alkyl halides is 2. The summed E-state index contributed by atoms with van der Waals surface area (Å²) < 4.78 is 42.4. The second-order valence-electron chi connectivity index (χ2n) is 8.83. The number of rotatable bonds is 6. The Kier molecular flexibility index (Phi) is 6.36. The number of oxime groups is 1. The third kappa shape index (κ3) is 4.84. The Morgan fingerprint density at radius 2 is 2.03 bits per heavy atom. The van der Waals surface area contributed by atoms with E-state index in [1.165, 1.54) is 6.07 Å². The van der Waals surface area contributed by atoms with Crippen LogP contribution in [0.15, 0.2) is 53.7 Å². The molecule has 1 amide bonds. The second-order valence-corrected chi connectivity index (χ2v) is 8.83. The molecule has 3 heterocycles. The van der Waals surface area contributed by atoms with Crippen LogP contribution in [0.5, 0.6) is 11.5 Å². The standard InChI is InChI=1S/C25H26F2N2O5/c26-24(27)33-21-9-8-18(20-14-25(34-28-20)10-12-31-16-25)13-22(21)32-19-7-4-11-29(15-19)23(30)17-5-2-1-3-6-17/h1-3,5-6,8-9,13,19,24H,4,7,10-12,14-16H2. The molecule has 180 valence electrons. The first-order valence-corrected chi connectivity index (χ1v) is 11.4. The van der Waals surface area contributed by atoms with Crippen LogP contribution in [0, 0.1) is 0 Å². The SMILES string of the molecule is O=C(c1ccccc1)N1CCCC(Oc2cc(C3=NOC4(CCOC4)C3)ccc2OC(F)F)C1. The lowest BCUT2D eigenvalue weighted by atomic mass is 9.93. The summed E-state index contributed by atoms with van der Waals surface area (Å²) in [5.74, 6) is 0.0695. The molecule has 2 fully saturated rings. The molecule has 7 nitrogen and oxygen atoms in total. The Balaban J connectivity index is 1.33. The number of ether oxygens (including phenoxy) is 3.